The van der Waals surface area contributed by atoms with Crippen LogP contribution in [-0.4, -0.2) is 26.4 Å². The van der Waals surface area contributed by atoms with Crippen LogP contribution in [0.5, 0.6) is 5.75 Å². The zero-order valence-electron chi connectivity index (χ0n) is 11.5. The topological polar surface area (TPSA) is 53.7 Å². The molecule has 0 fully saturated rings. The molecule has 2 N–H and O–H groups in total. The molecular formula is C14H20BNO3. The van der Waals surface area contributed by atoms with Crippen LogP contribution in [0.15, 0.2) is 12.1 Å². The van der Waals surface area contributed by atoms with Crippen molar-refractivity contribution in [1.29, 1.82) is 0 Å². The van der Waals surface area contributed by atoms with Gasteiger partial charge in [0.15, 0.2) is 0 Å². The fraction of sp³-hybridized carbons (Fsp3) is 0.571. The van der Waals surface area contributed by atoms with Gasteiger partial charge in [-0.1, -0.05) is 19.4 Å². The van der Waals surface area contributed by atoms with Gasteiger partial charge < -0.3 is 19.8 Å². The van der Waals surface area contributed by atoms with Crippen LogP contribution in [0.1, 0.15) is 37.5 Å². The van der Waals surface area contributed by atoms with Crippen LogP contribution in [0.2, 0.25) is 0 Å². The first-order valence-corrected chi connectivity index (χ1v) is 7.04. The highest BCUT2D eigenvalue weighted by Gasteiger charge is 2.43. The molecule has 5 heteroatoms. The Labute approximate surface area is 114 Å². The van der Waals surface area contributed by atoms with Gasteiger partial charge in [-0.2, -0.15) is 0 Å². The first kappa shape index (κ1) is 13.0. The molecule has 19 heavy (non-hydrogen) atoms. The molecular weight excluding hydrogens is 241 g/mol. The molecule has 2 heterocycles. The maximum Gasteiger partial charge on any atom is 0.498 e. The fourth-order valence-electron chi connectivity index (χ4n) is 2.91. The average Bonchev–Trinajstić information content (AvgIpc) is 2.69. The summed E-state index contributed by atoms with van der Waals surface area (Å²) in [5.41, 5.74) is 9.42. The summed E-state index contributed by atoms with van der Waals surface area (Å²) in [6.45, 7) is 5.21. The molecule has 2 unspecified atom stereocenters. The molecule has 2 aliphatic heterocycles. The van der Waals surface area contributed by atoms with Crippen LogP contribution in [0.25, 0.3) is 0 Å². The van der Waals surface area contributed by atoms with Gasteiger partial charge in [0.1, 0.15) is 12.4 Å². The van der Waals surface area contributed by atoms with Crippen molar-refractivity contribution in [2.24, 2.45) is 5.73 Å². The lowest BCUT2D eigenvalue weighted by Gasteiger charge is -2.17. The smallest absolute Gasteiger partial charge is 0.491 e. The van der Waals surface area contributed by atoms with Crippen molar-refractivity contribution >= 4 is 12.6 Å². The van der Waals surface area contributed by atoms with E-state index in [0.717, 1.165) is 24.1 Å². The van der Waals surface area contributed by atoms with Crippen LogP contribution in [0.4, 0.5) is 0 Å². The number of hydrogen-bond donors (Lipinski definition) is 1. The molecule has 1 aromatic carbocycles. The molecule has 0 spiro atoms. The molecule has 0 saturated heterocycles. The van der Waals surface area contributed by atoms with Crippen LogP contribution in [0, 0.1) is 0 Å². The molecule has 0 saturated carbocycles. The molecule has 1 aromatic rings. The first-order chi connectivity index (χ1) is 9.24. The second kappa shape index (κ2) is 5.15. The third-order valence-corrected chi connectivity index (χ3v) is 3.75. The third-order valence-electron chi connectivity index (χ3n) is 3.75. The molecule has 0 aliphatic carbocycles. The summed E-state index contributed by atoms with van der Waals surface area (Å²) < 4.78 is 17.7. The highest BCUT2D eigenvalue weighted by atomic mass is 16.6. The largest absolute Gasteiger partial charge is 0.498 e. The summed E-state index contributed by atoms with van der Waals surface area (Å²) in [6.07, 6.45) is 2.09. The van der Waals surface area contributed by atoms with E-state index in [9.17, 15) is 0 Å². The van der Waals surface area contributed by atoms with E-state index in [2.05, 4.69) is 13.0 Å². The summed E-state index contributed by atoms with van der Waals surface area (Å²) in [6, 6.07) is 4.18. The second-order valence-corrected chi connectivity index (χ2v) is 5.25. The van der Waals surface area contributed by atoms with E-state index >= 15 is 0 Å². The van der Waals surface area contributed by atoms with E-state index in [0.29, 0.717) is 13.2 Å². The molecule has 2 aliphatic rings. The second-order valence-electron chi connectivity index (χ2n) is 5.25. The van der Waals surface area contributed by atoms with Gasteiger partial charge in [0.25, 0.3) is 0 Å². The molecule has 4 nitrogen and oxygen atoms in total. The lowest BCUT2D eigenvalue weighted by molar-refractivity contribution is 0.101. The Morgan fingerprint density at radius 3 is 2.95 bits per heavy atom. The number of benzene rings is 1. The predicted molar refractivity (Wildman–Crippen MR) is 74.7 cm³/mol. The zero-order valence-corrected chi connectivity index (χ0v) is 11.5. The molecule has 3 rings (SSSR count). The minimum absolute atomic E-state index is 0.0244. The maximum absolute atomic E-state index is 5.97. The Balaban J connectivity index is 2.10. The van der Waals surface area contributed by atoms with E-state index < -0.39 is 0 Å². The summed E-state index contributed by atoms with van der Waals surface area (Å²) in [5.74, 6) is 0.889. The van der Waals surface area contributed by atoms with Gasteiger partial charge in [-0.15, -0.1) is 0 Å². The van der Waals surface area contributed by atoms with E-state index in [1.165, 1.54) is 11.1 Å². The predicted octanol–water partition coefficient (Wildman–Crippen LogP) is 1.16. The summed E-state index contributed by atoms with van der Waals surface area (Å²) in [5, 5.41) is 0. The molecule has 0 amide bonds. The number of nitrogens with two attached hydrogens (primary N) is 1. The minimum atomic E-state index is -0.326. The molecule has 0 radical (unpaired) electrons. The molecule has 0 bridgehead atoms. The van der Waals surface area contributed by atoms with Crippen molar-refractivity contribution in [3.8, 4) is 5.75 Å². The lowest BCUT2D eigenvalue weighted by atomic mass is 9.76. The van der Waals surface area contributed by atoms with Crippen molar-refractivity contribution in [1.82, 2.24) is 0 Å². The fourth-order valence-corrected chi connectivity index (χ4v) is 2.91. The Bertz CT molecular complexity index is 480. The third kappa shape index (κ3) is 2.16. The van der Waals surface area contributed by atoms with Gasteiger partial charge in [-0.3, -0.25) is 0 Å². The quantitative estimate of drug-likeness (QED) is 0.829. The lowest BCUT2D eigenvalue weighted by Crippen LogP contribution is -2.34. The van der Waals surface area contributed by atoms with Crippen LogP contribution in [-0.2, 0) is 15.7 Å². The van der Waals surface area contributed by atoms with E-state index in [1.807, 2.05) is 13.0 Å². The summed E-state index contributed by atoms with van der Waals surface area (Å²) >= 11 is 0. The Hall–Kier alpha value is -1.04. The number of hydrogen-bond acceptors (Lipinski definition) is 4. The van der Waals surface area contributed by atoms with Crippen LogP contribution in [0.3, 0.4) is 0 Å². The monoisotopic (exact) mass is 261 g/mol. The van der Waals surface area contributed by atoms with E-state index in [-0.39, 0.29) is 19.3 Å². The van der Waals surface area contributed by atoms with E-state index in [4.69, 9.17) is 19.8 Å². The maximum atomic E-state index is 5.97. The van der Waals surface area contributed by atoms with Crippen LogP contribution >= 0.6 is 0 Å². The summed E-state index contributed by atoms with van der Waals surface area (Å²) in [4.78, 5) is 0. The molecule has 0 aromatic heterocycles. The number of ether oxygens (including phenoxy) is 1. The summed E-state index contributed by atoms with van der Waals surface area (Å²) in [7, 11) is -0.326. The highest BCUT2D eigenvalue weighted by Crippen LogP contribution is 2.33. The van der Waals surface area contributed by atoms with Crippen LogP contribution < -0.4 is 15.9 Å². The number of rotatable bonds is 3. The molecule has 2 atom stereocenters. The van der Waals surface area contributed by atoms with E-state index in [1.54, 1.807) is 0 Å². The highest BCUT2D eigenvalue weighted by molar-refractivity contribution is 6.64. The van der Waals surface area contributed by atoms with Gasteiger partial charge in [0.2, 0.25) is 0 Å². The Kier molecular flexibility index (Phi) is 3.52. The Morgan fingerprint density at radius 2 is 2.21 bits per heavy atom. The zero-order chi connectivity index (χ0) is 13.4. The van der Waals surface area contributed by atoms with Gasteiger partial charge in [-0.25, -0.2) is 0 Å². The van der Waals surface area contributed by atoms with Gasteiger partial charge in [0, 0.05) is 12.0 Å². The number of aryl methyl sites for hydroxylation is 1. The van der Waals surface area contributed by atoms with Crippen molar-refractivity contribution in [3.63, 3.8) is 0 Å². The van der Waals surface area contributed by atoms with Crippen molar-refractivity contribution in [2.45, 2.75) is 38.9 Å². The van der Waals surface area contributed by atoms with Crippen molar-refractivity contribution in [2.75, 3.05) is 13.2 Å². The standard InChI is InChI=1S/C14H20BNO3/c1-3-4-10-5-6-11-14-13(10)12(7-16)19-15(14)18-9(2)8-17-11/h5-6,9,12H,3-4,7-8,16H2,1-2H3. The Morgan fingerprint density at radius 1 is 1.37 bits per heavy atom. The first-order valence-electron chi connectivity index (χ1n) is 7.04. The van der Waals surface area contributed by atoms with Gasteiger partial charge in [0.05, 0.1) is 12.2 Å². The van der Waals surface area contributed by atoms with Gasteiger partial charge in [-0.05, 0) is 30.5 Å². The normalized spacial score (nSPS) is 24.9. The minimum Gasteiger partial charge on any atom is -0.491 e. The average molecular weight is 261 g/mol. The van der Waals surface area contributed by atoms with Crippen molar-refractivity contribution < 1.29 is 14.0 Å². The SMILES string of the molecule is CCCc1ccc2c3c1C(CN)OB3OC(C)CO2. The molecule has 102 valence electrons. The van der Waals surface area contributed by atoms with Gasteiger partial charge >= 0.3 is 7.12 Å². The van der Waals surface area contributed by atoms with Crippen molar-refractivity contribution in [3.05, 3.63) is 23.3 Å².